The normalized spacial score (nSPS) is 13.9. The molecule has 5 rings (SSSR count). The van der Waals surface area contributed by atoms with Gasteiger partial charge in [-0.15, -0.1) is 0 Å². The van der Waals surface area contributed by atoms with E-state index in [0.29, 0.717) is 73.2 Å². The third-order valence-corrected chi connectivity index (χ3v) is 7.17. The van der Waals surface area contributed by atoms with Crippen molar-refractivity contribution in [1.29, 1.82) is 5.26 Å². The van der Waals surface area contributed by atoms with Gasteiger partial charge in [0.1, 0.15) is 11.5 Å². The van der Waals surface area contributed by atoms with E-state index in [1.807, 2.05) is 42.5 Å². The van der Waals surface area contributed by atoms with Crippen molar-refractivity contribution in [2.45, 2.75) is 12.3 Å². The minimum absolute atomic E-state index is 0.270. The fourth-order valence-electron chi connectivity index (χ4n) is 4.97. The Bertz CT molecular complexity index is 1560. The highest BCUT2D eigenvalue weighted by atomic mass is 19.1. The molecule has 0 bridgehead atoms. The van der Waals surface area contributed by atoms with Crippen molar-refractivity contribution in [1.82, 2.24) is 15.3 Å². The van der Waals surface area contributed by atoms with Gasteiger partial charge in [-0.3, -0.25) is 4.79 Å². The van der Waals surface area contributed by atoms with Gasteiger partial charge in [-0.1, -0.05) is 18.2 Å². The fraction of sp³-hybridized carbons (Fsp3) is 0.290. The van der Waals surface area contributed by atoms with Crippen LogP contribution in [0, 0.1) is 17.1 Å². The summed E-state index contributed by atoms with van der Waals surface area (Å²) in [6.07, 6.45) is 0.547. The zero-order valence-electron chi connectivity index (χ0n) is 23.0. The van der Waals surface area contributed by atoms with Gasteiger partial charge >= 0.3 is 0 Å². The van der Waals surface area contributed by atoms with E-state index < -0.39 is 11.8 Å². The lowest BCUT2D eigenvalue weighted by molar-refractivity contribution is -0.121. The number of rotatable bonds is 9. The number of hydrogen-bond acceptors (Lipinski definition) is 8. The third-order valence-electron chi connectivity index (χ3n) is 7.17. The molecule has 0 spiro atoms. The molecule has 1 atom stereocenters. The van der Waals surface area contributed by atoms with E-state index in [9.17, 15) is 14.4 Å². The molecule has 9 nitrogen and oxygen atoms in total. The van der Waals surface area contributed by atoms with Crippen LogP contribution in [0.25, 0.3) is 11.0 Å². The van der Waals surface area contributed by atoms with Crippen molar-refractivity contribution in [3.8, 4) is 17.6 Å². The van der Waals surface area contributed by atoms with Gasteiger partial charge in [-0.25, -0.2) is 14.4 Å². The summed E-state index contributed by atoms with van der Waals surface area (Å²) >= 11 is 0. The van der Waals surface area contributed by atoms with E-state index in [-0.39, 0.29) is 5.82 Å². The minimum atomic E-state index is -1.14. The topological polar surface area (TPSA) is 104 Å². The Balaban J connectivity index is 1.33. The van der Waals surface area contributed by atoms with Crippen LogP contribution in [0.3, 0.4) is 0 Å². The number of benzene rings is 3. The van der Waals surface area contributed by atoms with Crippen LogP contribution in [0.1, 0.15) is 17.2 Å². The number of ether oxygens (including phenoxy) is 2. The summed E-state index contributed by atoms with van der Waals surface area (Å²) in [5, 5.41) is 13.0. The first-order valence-electron chi connectivity index (χ1n) is 13.4. The Labute approximate surface area is 238 Å². The molecule has 1 amide bonds. The summed E-state index contributed by atoms with van der Waals surface area (Å²) < 4.78 is 24.1. The molecule has 1 N–H and O–H groups in total. The van der Waals surface area contributed by atoms with E-state index in [1.165, 1.54) is 12.1 Å². The Morgan fingerprint density at radius 2 is 1.61 bits per heavy atom. The Morgan fingerprint density at radius 3 is 2.27 bits per heavy atom. The first-order valence-corrected chi connectivity index (χ1v) is 13.4. The van der Waals surface area contributed by atoms with E-state index in [0.717, 1.165) is 11.3 Å². The third kappa shape index (κ3) is 6.14. The molecule has 2 heterocycles. The van der Waals surface area contributed by atoms with Crippen LogP contribution in [-0.4, -0.2) is 62.8 Å². The molecule has 0 saturated carbocycles. The quantitative estimate of drug-likeness (QED) is 0.330. The van der Waals surface area contributed by atoms with Crippen molar-refractivity contribution in [2.75, 3.05) is 56.7 Å². The number of carbonyl (C=O) groups excluding carboxylic acids is 1. The standard InChI is InChI=1S/C31H31FN6O3/c1-40-27-12-7-21(19-28(27)41-2)13-14-34-31(39)24(20-33)29-30(36-26-6-4-3-5-25(26)35-29)38-17-15-37(16-18-38)23-10-8-22(32)9-11-23/h3-12,19,24H,13-18H2,1-2H3,(H,34,39). The summed E-state index contributed by atoms with van der Waals surface area (Å²) in [4.78, 5) is 27.2. The van der Waals surface area contributed by atoms with Gasteiger partial charge in [0.15, 0.2) is 23.2 Å². The van der Waals surface area contributed by atoms with Gasteiger partial charge in [0.25, 0.3) is 0 Å². The van der Waals surface area contributed by atoms with Crippen molar-refractivity contribution >= 4 is 28.4 Å². The van der Waals surface area contributed by atoms with E-state index in [4.69, 9.17) is 19.4 Å². The molecular weight excluding hydrogens is 523 g/mol. The largest absolute Gasteiger partial charge is 0.493 e. The number of piperazine rings is 1. The minimum Gasteiger partial charge on any atom is -0.493 e. The average molecular weight is 555 g/mol. The first kappa shape index (κ1) is 27.6. The zero-order valence-corrected chi connectivity index (χ0v) is 23.0. The predicted molar refractivity (Wildman–Crippen MR) is 155 cm³/mol. The average Bonchev–Trinajstić information content (AvgIpc) is 3.01. The Morgan fingerprint density at radius 1 is 0.951 bits per heavy atom. The van der Waals surface area contributed by atoms with Gasteiger partial charge in [0, 0.05) is 38.4 Å². The van der Waals surface area contributed by atoms with Crippen LogP contribution in [-0.2, 0) is 11.2 Å². The monoisotopic (exact) mass is 554 g/mol. The summed E-state index contributed by atoms with van der Waals surface area (Å²) in [6, 6.07) is 21.6. The summed E-state index contributed by atoms with van der Waals surface area (Å²) in [5.41, 5.74) is 3.55. The number of amides is 1. The highest BCUT2D eigenvalue weighted by Crippen LogP contribution is 2.30. The number of carbonyl (C=O) groups is 1. The summed E-state index contributed by atoms with van der Waals surface area (Å²) in [5.74, 6) is -0.0592. The molecule has 10 heteroatoms. The molecule has 3 aromatic carbocycles. The molecule has 41 heavy (non-hydrogen) atoms. The van der Waals surface area contributed by atoms with Crippen molar-refractivity contribution in [2.24, 2.45) is 0 Å². The molecule has 1 aromatic heterocycles. The number of aromatic nitrogens is 2. The van der Waals surface area contributed by atoms with E-state index >= 15 is 0 Å². The SMILES string of the molecule is COc1ccc(CCNC(=O)C(C#N)c2nc3ccccc3nc2N2CCN(c3ccc(F)cc3)CC2)cc1OC. The van der Waals surface area contributed by atoms with Crippen LogP contribution < -0.4 is 24.6 Å². The molecule has 0 aliphatic carbocycles. The Hall–Kier alpha value is -4.91. The smallest absolute Gasteiger partial charge is 0.243 e. The molecule has 1 unspecified atom stereocenters. The van der Waals surface area contributed by atoms with Crippen LogP contribution >= 0.6 is 0 Å². The number of halogens is 1. The van der Waals surface area contributed by atoms with Crippen molar-refractivity contribution in [3.63, 3.8) is 0 Å². The molecule has 0 radical (unpaired) electrons. The summed E-state index contributed by atoms with van der Waals surface area (Å²) in [7, 11) is 3.15. The van der Waals surface area contributed by atoms with Gasteiger partial charge in [-0.05, 0) is 60.5 Å². The predicted octanol–water partition coefficient (Wildman–Crippen LogP) is 4.08. The number of nitriles is 1. The maximum absolute atomic E-state index is 13.4. The van der Waals surface area contributed by atoms with E-state index in [2.05, 4.69) is 21.2 Å². The van der Waals surface area contributed by atoms with Crippen LogP contribution in [0.2, 0.25) is 0 Å². The van der Waals surface area contributed by atoms with Gasteiger partial charge in [-0.2, -0.15) is 5.26 Å². The maximum atomic E-state index is 13.4. The molecule has 1 saturated heterocycles. The number of fused-ring (bicyclic) bond motifs is 1. The molecule has 4 aromatic rings. The summed E-state index contributed by atoms with van der Waals surface area (Å²) in [6.45, 7) is 2.90. The second kappa shape index (κ2) is 12.5. The Kier molecular flexibility index (Phi) is 8.44. The zero-order chi connectivity index (χ0) is 28.8. The second-order valence-corrected chi connectivity index (χ2v) is 9.66. The van der Waals surface area contributed by atoms with Gasteiger partial charge < -0.3 is 24.6 Å². The number of nitrogens with zero attached hydrogens (tertiary/aromatic N) is 5. The number of methoxy groups -OCH3 is 2. The fourth-order valence-corrected chi connectivity index (χ4v) is 4.97. The first-order chi connectivity index (χ1) is 20.0. The highest BCUT2D eigenvalue weighted by molar-refractivity contribution is 5.89. The maximum Gasteiger partial charge on any atom is 0.243 e. The van der Waals surface area contributed by atoms with Crippen LogP contribution in [0.15, 0.2) is 66.7 Å². The lowest BCUT2D eigenvalue weighted by Crippen LogP contribution is -2.47. The molecule has 210 valence electrons. The highest BCUT2D eigenvalue weighted by Gasteiger charge is 2.30. The number of anilines is 2. The van der Waals surface area contributed by atoms with Gasteiger partial charge in [0.2, 0.25) is 5.91 Å². The second-order valence-electron chi connectivity index (χ2n) is 9.66. The van der Waals surface area contributed by atoms with Crippen molar-refractivity contribution in [3.05, 3.63) is 83.8 Å². The number of hydrogen-bond donors (Lipinski definition) is 1. The lowest BCUT2D eigenvalue weighted by atomic mass is 10.0. The molecule has 1 fully saturated rings. The van der Waals surface area contributed by atoms with E-state index in [1.54, 1.807) is 26.4 Å². The molecular formula is C31H31FN6O3. The molecule has 1 aliphatic rings. The van der Waals surface area contributed by atoms with Crippen LogP contribution in [0.4, 0.5) is 15.9 Å². The molecule has 1 aliphatic heterocycles. The number of nitrogens with one attached hydrogen (secondary N) is 1. The van der Waals surface area contributed by atoms with Crippen LogP contribution in [0.5, 0.6) is 11.5 Å². The van der Waals surface area contributed by atoms with Crippen molar-refractivity contribution < 1.29 is 18.7 Å². The van der Waals surface area contributed by atoms with Gasteiger partial charge in [0.05, 0.1) is 31.3 Å². The lowest BCUT2D eigenvalue weighted by Gasteiger charge is -2.37. The number of para-hydroxylation sites is 2.